The minimum atomic E-state index is -2.88. The van der Waals surface area contributed by atoms with E-state index in [4.69, 9.17) is 13.6 Å². The summed E-state index contributed by atoms with van der Waals surface area (Å²) in [6.07, 6.45) is 6.99. The van der Waals surface area contributed by atoms with Crippen molar-refractivity contribution in [3.05, 3.63) is 273 Å². The van der Waals surface area contributed by atoms with E-state index in [0.29, 0.717) is 24.6 Å². The number of hydrogen-bond donors (Lipinski definition) is 5. The summed E-state index contributed by atoms with van der Waals surface area (Å²) in [5.74, 6) is -11.6. The molecule has 109 heavy (non-hydrogen) atoms. The van der Waals surface area contributed by atoms with Gasteiger partial charge < -0.3 is 64.0 Å². The first kappa shape index (κ1) is 73.7. The molecule has 6 aliphatic heterocycles. The summed E-state index contributed by atoms with van der Waals surface area (Å²) in [4.78, 5) is 149. The van der Waals surface area contributed by atoms with E-state index >= 15 is 0 Å². The lowest BCUT2D eigenvalue weighted by molar-refractivity contribution is -0.122. The van der Waals surface area contributed by atoms with Crippen molar-refractivity contribution < 1.29 is 88.5 Å². The standard InChI is InChI=1S/C28H25F2N3O5.C28H23F2N3O5.C22H23F2N3O5.CH4/c2*1-16-7-10-23(34)22-14-32(16)28(37)24-26(38-15-17-5-3-2-4-6-17)25(35)20(13-33(22)24)27(36)31-12-18-8-9-19(29)11-21(18)30;1-11-5-6-22(2,32)16-10-26(11)21(31)17-19(29)18(28)14(9-27(16)17)20(30)25-8-12-3-4-13(23)7-15(12)24;/h2-6,8-9,11,13,16,22H,7,10,12,14-15H2,1H3,(H,31,36);2-11,13,16,22H,12,14-15H2,1H3,(H,31,36);3-4,7,9,11,16,29,32H,5-6,8,10H2,1-2H3,(H,25,30);1H4/t2*16-,22+;11-,16+,22-;/m000./s1/i;;2D3;. The number of aromatic hydroxyl groups is 1. The molecule has 14 rings (SSSR count). The molecule has 0 spiro atoms. The van der Waals surface area contributed by atoms with Gasteiger partial charge in [-0.25, -0.2) is 26.3 Å². The number of fused-ring (bicyclic) bond motifs is 12. The molecule has 6 aliphatic rings. The fourth-order valence-corrected chi connectivity index (χ4v) is 13.6. The normalized spacial score (nSPS) is 20.6. The molecular formula is C79H75F6N9O15. The van der Waals surface area contributed by atoms with E-state index in [1.54, 1.807) is 73.4 Å². The van der Waals surface area contributed by atoms with Crippen LogP contribution in [0.25, 0.3) is 0 Å². The first-order valence-corrected chi connectivity index (χ1v) is 34.2. The molecule has 0 saturated carbocycles. The van der Waals surface area contributed by atoms with E-state index in [0.717, 1.165) is 46.2 Å². The highest BCUT2D eigenvalue weighted by atomic mass is 19.2. The minimum Gasteiger partial charge on any atom is -0.503 e. The number of Topliss-reactive ketones (excluding diaryl/α,β-unsaturated/α-hetero) is 1. The lowest BCUT2D eigenvalue weighted by Gasteiger charge is -2.41. The summed E-state index contributed by atoms with van der Waals surface area (Å²) < 4.78 is 121. The molecule has 9 heterocycles. The average molecular weight is 1510 g/mol. The maximum Gasteiger partial charge on any atom is 0.275 e. The van der Waals surface area contributed by atoms with Crippen molar-refractivity contribution in [2.75, 3.05) is 19.6 Å². The third-order valence-corrected chi connectivity index (χ3v) is 19.7. The van der Waals surface area contributed by atoms with Crippen molar-refractivity contribution in [1.29, 1.82) is 0 Å². The SMILES string of the molecule is C.C[C@H]1C=CC(=O)[C@H]2CN1C(=O)c1c(OCc3ccccc3)c(=O)c(C(=O)NCc3ccc(F)cc3F)cn12.C[C@H]1CCC(=O)[C@H]2CN1C(=O)c1c(OCc3ccccc3)c(=O)c(C(=O)NCc3ccc(F)cc3F)cn12.[2H]C([2H])([2H])[C@]1(O)CC[C@H](C)N2C[C@H]1n1cc(C(=O)NCc3ccc(F)cc3F)c(=O)c(O)c1C2=O. The van der Waals surface area contributed by atoms with E-state index < -0.39 is 153 Å². The van der Waals surface area contributed by atoms with E-state index in [9.17, 15) is 89.3 Å². The topological polar surface area (TPSA) is 307 Å². The number of amides is 6. The Bertz CT molecular complexity index is 5280. The predicted octanol–water partition coefficient (Wildman–Crippen LogP) is 8.87. The van der Waals surface area contributed by atoms with Crippen LogP contribution in [0.15, 0.2) is 160 Å². The Balaban J connectivity index is 0.000000166. The molecular weight excluding hydrogens is 1430 g/mol. The van der Waals surface area contributed by atoms with Crippen molar-refractivity contribution >= 4 is 47.0 Å². The number of aliphatic hydroxyl groups is 1. The number of pyridine rings is 3. The minimum absolute atomic E-state index is 0. The highest BCUT2D eigenvalue weighted by Gasteiger charge is 2.48. The lowest BCUT2D eigenvalue weighted by atomic mass is 9.90. The molecule has 30 heteroatoms. The van der Waals surface area contributed by atoms with Gasteiger partial charge in [-0.05, 0) is 82.3 Å². The van der Waals surface area contributed by atoms with Crippen LogP contribution in [0.2, 0.25) is 0 Å². The molecule has 0 aliphatic carbocycles. The van der Waals surface area contributed by atoms with Gasteiger partial charge in [-0.15, -0.1) is 0 Å². The number of rotatable bonds is 15. The second kappa shape index (κ2) is 32.1. The first-order valence-electron chi connectivity index (χ1n) is 35.7. The van der Waals surface area contributed by atoms with Gasteiger partial charge in [-0.2, -0.15) is 0 Å². The van der Waals surface area contributed by atoms with E-state index in [-0.39, 0.29) is 141 Å². The monoisotopic (exact) mass is 1510 g/mol. The van der Waals surface area contributed by atoms with Crippen LogP contribution in [0.1, 0.15) is 173 Å². The molecule has 2 saturated heterocycles. The number of carbonyl (C=O) groups excluding carboxylic acids is 8. The molecule has 0 unspecified atom stereocenters. The van der Waals surface area contributed by atoms with E-state index in [1.165, 1.54) is 49.5 Å². The van der Waals surface area contributed by atoms with Crippen molar-refractivity contribution in [1.82, 2.24) is 44.4 Å². The maximum absolute atomic E-state index is 14.1. The molecule has 7 atom stereocenters. The molecule has 6 amide bonds. The molecule has 24 nitrogen and oxygen atoms in total. The largest absolute Gasteiger partial charge is 0.503 e. The third kappa shape index (κ3) is 16.0. The summed E-state index contributed by atoms with van der Waals surface area (Å²) in [5, 5.41) is 29.1. The quantitative estimate of drug-likeness (QED) is 0.0599. The maximum atomic E-state index is 14.1. The van der Waals surface area contributed by atoms with Gasteiger partial charge in [-0.1, -0.05) is 92.4 Å². The van der Waals surface area contributed by atoms with Gasteiger partial charge in [-0.3, -0.25) is 52.7 Å². The molecule has 3 aromatic heterocycles. The Morgan fingerprint density at radius 2 is 0.945 bits per heavy atom. The molecule has 6 bridgehead atoms. The van der Waals surface area contributed by atoms with Crippen LogP contribution in [0.3, 0.4) is 0 Å². The smallest absolute Gasteiger partial charge is 0.275 e. The van der Waals surface area contributed by atoms with Gasteiger partial charge in [0, 0.05) is 121 Å². The Morgan fingerprint density at radius 1 is 0.532 bits per heavy atom. The average Bonchev–Trinajstić information content (AvgIpc) is 1.40. The number of carbonyl (C=O) groups is 8. The van der Waals surface area contributed by atoms with Gasteiger partial charge in [0.15, 0.2) is 45.9 Å². The Kier molecular flexibility index (Phi) is 21.7. The van der Waals surface area contributed by atoms with Crippen LogP contribution in [-0.2, 0) is 42.4 Å². The summed E-state index contributed by atoms with van der Waals surface area (Å²) in [5.41, 5.74) is -5.84. The van der Waals surface area contributed by atoms with Crippen molar-refractivity contribution in [3.63, 3.8) is 0 Å². The summed E-state index contributed by atoms with van der Waals surface area (Å²) in [6.45, 7) is 1.21. The Hall–Kier alpha value is -12.2. The van der Waals surface area contributed by atoms with Crippen LogP contribution in [-0.4, -0.2) is 129 Å². The number of halogens is 6. The zero-order chi connectivity index (χ0) is 79.8. The van der Waals surface area contributed by atoms with Crippen molar-refractivity contribution in [2.24, 2.45) is 0 Å². The number of nitrogens with zero attached hydrogens (tertiary/aromatic N) is 6. The first-order chi connectivity index (χ1) is 52.7. The van der Waals surface area contributed by atoms with Gasteiger partial charge in [0.25, 0.3) is 35.4 Å². The van der Waals surface area contributed by atoms with E-state index in [1.807, 2.05) is 19.1 Å². The van der Waals surface area contributed by atoms with Gasteiger partial charge >= 0.3 is 0 Å². The van der Waals surface area contributed by atoms with Crippen LogP contribution in [0, 0.1) is 34.9 Å². The van der Waals surface area contributed by atoms with Crippen molar-refractivity contribution in [2.45, 2.75) is 135 Å². The third-order valence-electron chi connectivity index (χ3n) is 19.7. The van der Waals surface area contributed by atoms with Crippen LogP contribution in [0.4, 0.5) is 26.3 Å². The van der Waals surface area contributed by atoms with Gasteiger partial charge in [0.05, 0.1) is 11.6 Å². The molecule has 5 N–H and O–H groups in total. The van der Waals surface area contributed by atoms with Crippen LogP contribution >= 0.6 is 0 Å². The van der Waals surface area contributed by atoms with Gasteiger partial charge in [0.2, 0.25) is 16.3 Å². The highest BCUT2D eigenvalue weighted by Crippen LogP contribution is 2.41. The fraction of sp³-hybridized carbons (Fsp3) is 0.304. The van der Waals surface area contributed by atoms with Gasteiger partial charge in [0.1, 0.15) is 76.9 Å². The second-order valence-corrected chi connectivity index (χ2v) is 26.8. The number of nitrogens with one attached hydrogen (secondary N) is 3. The molecule has 8 aromatic rings. The number of aromatic nitrogens is 3. The van der Waals surface area contributed by atoms with Crippen LogP contribution in [0.5, 0.6) is 17.2 Å². The summed E-state index contributed by atoms with van der Waals surface area (Å²) in [6, 6.07) is 22.5. The Morgan fingerprint density at radius 3 is 1.41 bits per heavy atom. The second-order valence-electron chi connectivity index (χ2n) is 26.8. The van der Waals surface area contributed by atoms with Crippen molar-refractivity contribution in [3.8, 4) is 17.2 Å². The number of benzene rings is 5. The molecule has 0 radical (unpaired) electrons. The molecule has 568 valence electrons. The summed E-state index contributed by atoms with van der Waals surface area (Å²) >= 11 is 0. The van der Waals surface area contributed by atoms with Crippen LogP contribution < -0.4 is 41.7 Å². The lowest BCUT2D eigenvalue weighted by Crippen LogP contribution is -2.51. The summed E-state index contributed by atoms with van der Waals surface area (Å²) in [7, 11) is 0. The number of allylic oxidation sites excluding steroid dienone is 1. The van der Waals surface area contributed by atoms with E-state index in [2.05, 4.69) is 16.0 Å². The number of ether oxygens (including phenoxy) is 2. The predicted molar refractivity (Wildman–Crippen MR) is 381 cm³/mol. The molecule has 5 aromatic carbocycles. The fourth-order valence-electron chi connectivity index (χ4n) is 13.6. The molecule has 2 fully saturated rings. The zero-order valence-corrected chi connectivity index (χ0v) is 58.0. The number of hydrogen-bond acceptors (Lipinski definition) is 15. The highest BCUT2D eigenvalue weighted by molar-refractivity contribution is 6.04. The Labute approximate surface area is 623 Å². The number of ketones is 2. The zero-order valence-electron chi connectivity index (χ0n) is 61.0.